The van der Waals surface area contributed by atoms with Gasteiger partial charge in [-0.15, -0.1) is 0 Å². The molecule has 2 N–H and O–H groups in total. The number of rotatable bonds is 2. The third-order valence-corrected chi connectivity index (χ3v) is 3.18. The molecule has 0 bridgehead atoms. The lowest BCUT2D eigenvalue weighted by atomic mass is 10.2. The summed E-state index contributed by atoms with van der Waals surface area (Å²) in [5, 5.41) is 4.84. The molecule has 3 rings (SSSR count). The lowest BCUT2D eigenvalue weighted by molar-refractivity contribution is 0.580. The van der Waals surface area contributed by atoms with Crippen LogP contribution in [0.15, 0.2) is 46.9 Å². The van der Waals surface area contributed by atoms with Gasteiger partial charge in [-0.25, -0.2) is 4.68 Å². The van der Waals surface area contributed by atoms with Crippen LogP contribution in [-0.2, 0) is 0 Å². The molecule has 2 aromatic heterocycles. The Kier molecular flexibility index (Phi) is 2.80. The first kappa shape index (κ1) is 11.9. The van der Waals surface area contributed by atoms with Crippen molar-refractivity contribution < 1.29 is 4.42 Å². The lowest BCUT2D eigenvalue weighted by Gasteiger charge is -2.02. The van der Waals surface area contributed by atoms with E-state index >= 15 is 0 Å². The summed E-state index contributed by atoms with van der Waals surface area (Å²) >= 11 is 5.79. The number of benzene rings is 1. The Labute approximate surface area is 115 Å². The zero-order valence-electron chi connectivity index (χ0n) is 10.3. The summed E-state index contributed by atoms with van der Waals surface area (Å²) < 4.78 is 7.08. The first-order valence-corrected chi connectivity index (χ1v) is 6.21. The molecule has 0 unspecified atom stereocenters. The van der Waals surface area contributed by atoms with E-state index in [0.717, 1.165) is 11.3 Å². The topological polar surface area (TPSA) is 57.0 Å². The molecule has 0 aliphatic heterocycles. The fraction of sp³-hybridized carbons (Fsp3) is 0.0714. The molecule has 0 aliphatic rings. The van der Waals surface area contributed by atoms with Crippen molar-refractivity contribution in [1.29, 1.82) is 0 Å². The minimum atomic E-state index is 0.335. The molecule has 0 amide bonds. The number of furan rings is 1. The smallest absolute Gasteiger partial charge is 0.194 e. The van der Waals surface area contributed by atoms with Gasteiger partial charge in [0, 0.05) is 5.56 Å². The molecular weight excluding hydrogens is 262 g/mol. The van der Waals surface area contributed by atoms with E-state index in [9.17, 15) is 0 Å². The summed E-state index contributed by atoms with van der Waals surface area (Å²) in [7, 11) is 0. The van der Waals surface area contributed by atoms with Crippen LogP contribution in [0.2, 0.25) is 5.22 Å². The van der Waals surface area contributed by atoms with Crippen LogP contribution < -0.4 is 5.73 Å². The van der Waals surface area contributed by atoms with Gasteiger partial charge < -0.3 is 10.2 Å². The molecule has 1 aromatic carbocycles. The van der Waals surface area contributed by atoms with E-state index in [1.807, 2.05) is 37.3 Å². The fourth-order valence-electron chi connectivity index (χ4n) is 1.95. The Hall–Kier alpha value is -2.20. The predicted molar refractivity (Wildman–Crippen MR) is 75.4 cm³/mol. The third kappa shape index (κ3) is 2.00. The number of nitrogens with zero attached hydrogens (tertiary/aromatic N) is 2. The highest BCUT2D eigenvalue weighted by Gasteiger charge is 2.17. The monoisotopic (exact) mass is 273 g/mol. The second kappa shape index (κ2) is 4.48. The van der Waals surface area contributed by atoms with Crippen LogP contribution in [0.25, 0.3) is 17.1 Å². The number of halogens is 1. The molecule has 0 spiro atoms. The van der Waals surface area contributed by atoms with E-state index in [-0.39, 0.29) is 0 Å². The van der Waals surface area contributed by atoms with Crippen LogP contribution in [0, 0.1) is 6.92 Å². The van der Waals surface area contributed by atoms with E-state index in [2.05, 4.69) is 5.10 Å². The zero-order valence-corrected chi connectivity index (χ0v) is 11.1. The number of nitrogens with two attached hydrogens (primary N) is 1. The highest BCUT2D eigenvalue weighted by molar-refractivity contribution is 6.29. The molecule has 0 aliphatic carbocycles. The average molecular weight is 274 g/mol. The van der Waals surface area contributed by atoms with Crippen molar-refractivity contribution in [3.8, 4) is 17.1 Å². The lowest BCUT2D eigenvalue weighted by Crippen LogP contribution is -2.01. The van der Waals surface area contributed by atoms with Crippen molar-refractivity contribution in [2.24, 2.45) is 0 Å². The summed E-state index contributed by atoms with van der Waals surface area (Å²) in [6.45, 7) is 1.91. The minimum Gasteiger partial charge on any atom is -0.443 e. The second-order valence-corrected chi connectivity index (χ2v) is 4.58. The molecule has 0 saturated heterocycles. The summed E-state index contributed by atoms with van der Waals surface area (Å²) in [4.78, 5) is 0. The maximum atomic E-state index is 6.11. The Morgan fingerprint density at radius 1 is 1.16 bits per heavy atom. The molecule has 0 radical (unpaired) electrons. The predicted octanol–water partition coefficient (Wildman–Crippen LogP) is 3.68. The Morgan fingerprint density at radius 2 is 1.89 bits per heavy atom. The van der Waals surface area contributed by atoms with E-state index in [1.165, 1.54) is 0 Å². The van der Waals surface area contributed by atoms with Gasteiger partial charge in [0.05, 0.1) is 5.69 Å². The van der Waals surface area contributed by atoms with E-state index in [1.54, 1.807) is 16.8 Å². The largest absolute Gasteiger partial charge is 0.443 e. The van der Waals surface area contributed by atoms with Crippen molar-refractivity contribution in [2.45, 2.75) is 6.92 Å². The van der Waals surface area contributed by atoms with Crippen molar-refractivity contribution in [3.05, 3.63) is 53.2 Å². The SMILES string of the molecule is Cc1c(-c2ccc(Cl)o2)nn(-c2ccccc2)c1N. The molecular formula is C14H12ClN3O. The Morgan fingerprint density at radius 3 is 2.53 bits per heavy atom. The van der Waals surface area contributed by atoms with Crippen LogP contribution in [0.5, 0.6) is 0 Å². The van der Waals surface area contributed by atoms with Crippen molar-refractivity contribution >= 4 is 17.4 Å². The van der Waals surface area contributed by atoms with Crippen LogP contribution >= 0.6 is 11.6 Å². The summed E-state index contributed by atoms with van der Waals surface area (Å²) in [5.41, 5.74) is 8.59. The van der Waals surface area contributed by atoms with Gasteiger partial charge >= 0.3 is 0 Å². The molecule has 4 nitrogen and oxygen atoms in total. The maximum Gasteiger partial charge on any atom is 0.194 e. The fourth-order valence-corrected chi connectivity index (χ4v) is 2.10. The molecule has 2 heterocycles. The van der Waals surface area contributed by atoms with Gasteiger partial charge in [0.15, 0.2) is 11.0 Å². The summed E-state index contributed by atoms with van der Waals surface area (Å²) in [5.74, 6) is 1.21. The number of nitrogen functional groups attached to an aromatic ring is 1. The van der Waals surface area contributed by atoms with Crippen molar-refractivity contribution in [2.75, 3.05) is 5.73 Å². The molecule has 3 aromatic rings. The van der Waals surface area contributed by atoms with E-state index in [0.29, 0.717) is 22.5 Å². The first-order valence-electron chi connectivity index (χ1n) is 5.83. The number of hydrogen-bond donors (Lipinski definition) is 1. The maximum absolute atomic E-state index is 6.11. The van der Waals surface area contributed by atoms with Crippen molar-refractivity contribution in [3.63, 3.8) is 0 Å². The van der Waals surface area contributed by atoms with E-state index < -0.39 is 0 Å². The number of para-hydroxylation sites is 1. The first-order chi connectivity index (χ1) is 9.16. The Balaban J connectivity index is 2.15. The molecule has 0 fully saturated rings. The summed E-state index contributed by atoms with van der Waals surface area (Å²) in [6, 6.07) is 13.2. The quantitative estimate of drug-likeness (QED) is 0.775. The highest BCUT2D eigenvalue weighted by Crippen LogP contribution is 2.30. The highest BCUT2D eigenvalue weighted by atomic mass is 35.5. The van der Waals surface area contributed by atoms with Crippen LogP contribution in [0.4, 0.5) is 5.82 Å². The van der Waals surface area contributed by atoms with Crippen LogP contribution in [-0.4, -0.2) is 9.78 Å². The van der Waals surface area contributed by atoms with Gasteiger partial charge in [0.2, 0.25) is 0 Å². The van der Waals surface area contributed by atoms with Crippen LogP contribution in [0.1, 0.15) is 5.56 Å². The molecule has 19 heavy (non-hydrogen) atoms. The van der Waals surface area contributed by atoms with E-state index in [4.69, 9.17) is 21.8 Å². The van der Waals surface area contributed by atoms with Crippen LogP contribution in [0.3, 0.4) is 0 Å². The second-order valence-electron chi connectivity index (χ2n) is 4.21. The van der Waals surface area contributed by atoms with Gasteiger partial charge in [-0.3, -0.25) is 0 Å². The molecule has 96 valence electrons. The standard InChI is InChI=1S/C14H12ClN3O/c1-9-13(11-7-8-12(15)19-11)17-18(14(9)16)10-5-3-2-4-6-10/h2-8H,16H2,1H3. The zero-order chi connectivity index (χ0) is 13.4. The van der Waals surface area contributed by atoms with Gasteiger partial charge in [0.1, 0.15) is 11.5 Å². The van der Waals surface area contributed by atoms with Gasteiger partial charge in [-0.05, 0) is 42.8 Å². The minimum absolute atomic E-state index is 0.335. The third-order valence-electron chi connectivity index (χ3n) is 2.97. The van der Waals surface area contributed by atoms with Gasteiger partial charge in [-0.2, -0.15) is 5.10 Å². The number of hydrogen-bond acceptors (Lipinski definition) is 3. The number of aromatic nitrogens is 2. The van der Waals surface area contributed by atoms with Crippen molar-refractivity contribution in [1.82, 2.24) is 9.78 Å². The van der Waals surface area contributed by atoms with Gasteiger partial charge in [0.25, 0.3) is 0 Å². The summed E-state index contributed by atoms with van der Waals surface area (Å²) in [6.07, 6.45) is 0. The molecule has 0 saturated carbocycles. The average Bonchev–Trinajstić information content (AvgIpc) is 2.97. The molecule has 0 atom stereocenters. The Bertz CT molecular complexity index is 716. The normalized spacial score (nSPS) is 10.8. The number of anilines is 1. The molecule has 5 heteroatoms. The van der Waals surface area contributed by atoms with Gasteiger partial charge in [-0.1, -0.05) is 18.2 Å².